The fourth-order valence-electron chi connectivity index (χ4n) is 3.59. The van der Waals surface area contributed by atoms with Gasteiger partial charge in [-0.2, -0.15) is 0 Å². The van der Waals surface area contributed by atoms with Gasteiger partial charge in [-0.3, -0.25) is 4.79 Å². The van der Waals surface area contributed by atoms with Crippen molar-refractivity contribution in [3.63, 3.8) is 0 Å². The lowest BCUT2D eigenvalue weighted by Gasteiger charge is -2.40. The van der Waals surface area contributed by atoms with Crippen LogP contribution in [0.3, 0.4) is 0 Å². The van der Waals surface area contributed by atoms with Crippen LogP contribution in [0.25, 0.3) is 0 Å². The van der Waals surface area contributed by atoms with Gasteiger partial charge in [-0.1, -0.05) is 32.9 Å². The number of hydrogen-bond acceptors (Lipinski definition) is 2. The van der Waals surface area contributed by atoms with Crippen molar-refractivity contribution in [3.05, 3.63) is 47.5 Å². The van der Waals surface area contributed by atoms with Gasteiger partial charge in [0.05, 0.1) is 11.2 Å². The number of Topliss-reactive ketones (excluding diaryl/α,β-unsaturated/α-hetero) is 1. The molecule has 3 atom stereocenters. The molecule has 1 fully saturated rings. The van der Waals surface area contributed by atoms with Crippen molar-refractivity contribution in [1.29, 1.82) is 0 Å². The standard InChI is InChI=1S/C20H27FO2Si/c1-19(2,3)24(5,6)23-17-11-15-16(12-20(17,4)18(15)22)13-7-9-14(21)10-8-13/h7-11,15-16H,12H2,1-6H3/t15-,16-,20-/m0/s1. The number of carbonyl (C=O) groups excluding carboxylic acids is 1. The summed E-state index contributed by atoms with van der Waals surface area (Å²) in [5.41, 5.74) is 0.514. The zero-order chi connectivity index (χ0) is 17.9. The van der Waals surface area contributed by atoms with E-state index < -0.39 is 13.7 Å². The van der Waals surface area contributed by atoms with Crippen molar-refractivity contribution >= 4 is 14.1 Å². The number of carbonyl (C=O) groups is 1. The third-order valence-corrected chi connectivity index (χ3v) is 10.6. The van der Waals surface area contributed by atoms with E-state index in [-0.39, 0.29) is 28.5 Å². The van der Waals surface area contributed by atoms with Crippen LogP contribution in [0.1, 0.15) is 45.6 Å². The van der Waals surface area contributed by atoms with Crippen LogP contribution in [0.5, 0.6) is 0 Å². The monoisotopic (exact) mass is 346 g/mol. The van der Waals surface area contributed by atoms with Crippen molar-refractivity contribution in [3.8, 4) is 0 Å². The molecule has 4 heteroatoms. The van der Waals surface area contributed by atoms with E-state index in [9.17, 15) is 9.18 Å². The normalized spacial score (nSPS) is 29.8. The molecule has 0 unspecified atom stereocenters. The van der Waals surface area contributed by atoms with E-state index in [4.69, 9.17) is 4.43 Å². The van der Waals surface area contributed by atoms with Crippen molar-refractivity contribution in [2.75, 3.05) is 0 Å². The van der Waals surface area contributed by atoms with Crippen LogP contribution in [0.15, 0.2) is 36.1 Å². The minimum absolute atomic E-state index is 0.103. The molecule has 1 saturated carbocycles. The van der Waals surface area contributed by atoms with Gasteiger partial charge in [0, 0.05) is 5.92 Å². The molecule has 0 radical (unpaired) electrons. The lowest BCUT2D eigenvalue weighted by Crippen LogP contribution is -2.42. The summed E-state index contributed by atoms with van der Waals surface area (Å²) in [4.78, 5) is 12.9. The maximum atomic E-state index is 13.2. The quantitative estimate of drug-likeness (QED) is 0.683. The van der Waals surface area contributed by atoms with Crippen LogP contribution >= 0.6 is 0 Å². The molecule has 1 aromatic rings. The summed E-state index contributed by atoms with van der Waals surface area (Å²) in [6.45, 7) is 13.1. The highest BCUT2D eigenvalue weighted by Crippen LogP contribution is 2.58. The minimum Gasteiger partial charge on any atom is -0.546 e. The molecule has 2 aliphatic carbocycles. The molecule has 2 bridgehead atoms. The first-order valence-corrected chi connectivity index (χ1v) is 11.6. The molecule has 3 rings (SSSR count). The Balaban J connectivity index is 1.89. The van der Waals surface area contributed by atoms with E-state index in [1.54, 1.807) is 12.1 Å². The summed E-state index contributed by atoms with van der Waals surface area (Å²) in [5, 5.41) is 0.103. The molecule has 2 nitrogen and oxygen atoms in total. The fourth-order valence-corrected chi connectivity index (χ4v) is 4.74. The molecular formula is C20H27FO2Si. The van der Waals surface area contributed by atoms with E-state index in [1.165, 1.54) is 12.1 Å². The summed E-state index contributed by atoms with van der Waals surface area (Å²) in [5.74, 6) is 0.889. The summed E-state index contributed by atoms with van der Waals surface area (Å²) < 4.78 is 19.7. The summed E-state index contributed by atoms with van der Waals surface area (Å²) in [6, 6.07) is 6.56. The van der Waals surface area contributed by atoms with E-state index in [1.807, 2.05) is 13.0 Å². The lowest BCUT2D eigenvalue weighted by atomic mass is 9.81. The zero-order valence-corrected chi connectivity index (χ0v) is 16.4. The van der Waals surface area contributed by atoms with Crippen LogP contribution in [-0.4, -0.2) is 14.1 Å². The summed E-state index contributed by atoms with van der Waals surface area (Å²) in [6.07, 6.45) is 2.79. The molecule has 0 N–H and O–H groups in total. The van der Waals surface area contributed by atoms with Gasteiger partial charge in [-0.05, 0) is 61.2 Å². The highest BCUT2D eigenvalue weighted by atomic mass is 28.4. The number of fused-ring (bicyclic) bond motifs is 2. The van der Waals surface area contributed by atoms with Crippen LogP contribution in [-0.2, 0) is 9.22 Å². The van der Waals surface area contributed by atoms with Crippen LogP contribution in [0.2, 0.25) is 18.1 Å². The number of benzene rings is 1. The molecule has 0 aliphatic heterocycles. The predicted molar refractivity (Wildman–Crippen MR) is 96.7 cm³/mol. The minimum atomic E-state index is -1.96. The number of hydrogen-bond donors (Lipinski definition) is 0. The van der Waals surface area contributed by atoms with E-state index in [0.29, 0.717) is 0 Å². The average molecular weight is 347 g/mol. The molecule has 0 aromatic heterocycles. The second kappa shape index (κ2) is 5.28. The van der Waals surface area contributed by atoms with Gasteiger partial charge in [0.1, 0.15) is 5.82 Å². The van der Waals surface area contributed by atoms with Gasteiger partial charge in [0.15, 0.2) is 5.78 Å². The molecule has 130 valence electrons. The van der Waals surface area contributed by atoms with Gasteiger partial charge >= 0.3 is 0 Å². The number of halogens is 1. The highest BCUT2D eigenvalue weighted by molar-refractivity contribution is 6.74. The largest absolute Gasteiger partial charge is 0.546 e. The first-order chi connectivity index (χ1) is 11.0. The number of allylic oxidation sites excluding steroid dienone is 2. The van der Waals surface area contributed by atoms with Crippen LogP contribution < -0.4 is 0 Å². The number of rotatable bonds is 3. The van der Waals surface area contributed by atoms with E-state index in [2.05, 4.69) is 33.9 Å². The fraction of sp³-hybridized carbons (Fsp3) is 0.550. The first kappa shape index (κ1) is 17.4. The Morgan fingerprint density at radius 2 is 1.79 bits per heavy atom. The van der Waals surface area contributed by atoms with Gasteiger partial charge in [0.25, 0.3) is 0 Å². The maximum Gasteiger partial charge on any atom is 0.250 e. The molecule has 0 spiro atoms. The van der Waals surface area contributed by atoms with Gasteiger partial charge < -0.3 is 4.43 Å². The van der Waals surface area contributed by atoms with Crippen molar-refractivity contribution < 1.29 is 13.6 Å². The third kappa shape index (κ3) is 2.55. The average Bonchev–Trinajstić information content (AvgIpc) is 2.84. The zero-order valence-electron chi connectivity index (χ0n) is 15.4. The number of ketones is 1. The highest BCUT2D eigenvalue weighted by Gasteiger charge is 2.59. The second-order valence-corrected chi connectivity index (χ2v) is 13.7. The lowest BCUT2D eigenvalue weighted by molar-refractivity contribution is -0.125. The Bertz CT molecular complexity index is 699. The third-order valence-electron chi connectivity index (χ3n) is 6.25. The summed E-state index contributed by atoms with van der Waals surface area (Å²) >= 11 is 0. The second-order valence-electron chi connectivity index (χ2n) is 8.98. The Morgan fingerprint density at radius 3 is 2.25 bits per heavy atom. The predicted octanol–water partition coefficient (Wildman–Crippen LogP) is 5.42. The van der Waals surface area contributed by atoms with Gasteiger partial charge in [0.2, 0.25) is 8.32 Å². The Hall–Kier alpha value is -1.42. The maximum absolute atomic E-state index is 13.2. The van der Waals surface area contributed by atoms with Crippen LogP contribution in [0, 0.1) is 17.2 Å². The Morgan fingerprint density at radius 1 is 1.21 bits per heavy atom. The Kier molecular flexibility index (Phi) is 3.83. The first-order valence-electron chi connectivity index (χ1n) is 8.67. The van der Waals surface area contributed by atoms with Gasteiger partial charge in [-0.15, -0.1) is 0 Å². The molecule has 2 aliphatic rings. The van der Waals surface area contributed by atoms with Crippen molar-refractivity contribution in [1.82, 2.24) is 0 Å². The SMILES string of the molecule is CC(C)(C)[Si](C)(C)OC1=C[C@@H]2C(=O)[C@@]1(C)C[C@H]2c1ccc(F)cc1. The summed E-state index contributed by atoms with van der Waals surface area (Å²) in [7, 11) is -1.96. The van der Waals surface area contributed by atoms with Crippen molar-refractivity contribution in [2.45, 2.75) is 58.2 Å². The van der Waals surface area contributed by atoms with Crippen LogP contribution in [0.4, 0.5) is 4.39 Å². The van der Waals surface area contributed by atoms with E-state index >= 15 is 0 Å². The smallest absolute Gasteiger partial charge is 0.250 e. The molecule has 0 heterocycles. The molecule has 0 amide bonds. The topological polar surface area (TPSA) is 26.3 Å². The molecule has 1 aromatic carbocycles. The van der Waals surface area contributed by atoms with E-state index in [0.717, 1.165) is 17.7 Å². The molecule has 24 heavy (non-hydrogen) atoms. The molecular weight excluding hydrogens is 319 g/mol. The Labute approximate surface area is 145 Å². The van der Waals surface area contributed by atoms with Gasteiger partial charge in [-0.25, -0.2) is 4.39 Å². The van der Waals surface area contributed by atoms with Crippen molar-refractivity contribution in [2.24, 2.45) is 11.3 Å². The molecule has 0 saturated heterocycles.